The molecule has 1 unspecified atom stereocenters. The molecule has 2 amide bonds. The van der Waals surface area contributed by atoms with Crippen LogP contribution in [0.1, 0.15) is 23.6 Å². The highest BCUT2D eigenvalue weighted by Crippen LogP contribution is 2.34. The summed E-state index contributed by atoms with van der Waals surface area (Å²) in [6, 6.07) is 15.7. The molecule has 32 heavy (non-hydrogen) atoms. The van der Waals surface area contributed by atoms with Crippen LogP contribution in [0.5, 0.6) is 0 Å². The van der Waals surface area contributed by atoms with Crippen molar-refractivity contribution in [3.63, 3.8) is 0 Å². The number of benzene rings is 2. The maximum Gasteiger partial charge on any atom is 0.346 e. The Hall–Kier alpha value is -3.98. The second-order valence-corrected chi connectivity index (χ2v) is 7.61. The molecule has 5 rings (SSSR count). The number of hydrogen-bond donors (Lipinski definition) is 2. The smallest absolute Gasteiger partial charge is 0.346 e. The van der Waals surface area contributed by atoms with E-state index < -0.39 is 11.8 Å². The number of nitrogens with one attached hydrogen (secondary N) is 1. The Morgan fingerprint density at radius 1 is 1.22 bits per heavy atom. The van der Waals surface area contributed by atoms with Crippen molar-refractivity contribution in [2.75, 3.05) is 17.7 Å². The summed E-state index contributed by atoms with van der Waals surface area (Å²) in [5, 5.41) is 8.02. The van der Waals surface area contributed by atoms with Crippen molar-refractivity contribution in [2.24, 2.45) is 0 Å². The highest BCUT2D eigenvalue weighted by molar-refractivity contribution is 5.91. The number of aryl methyl sites for hydroxylation is 1. The number of aromatic nitrogens is 3. The minimum Gasteiger partial charge on any atom is -0.366 e. The molecule has 0 saturated carbocycles. The van der Waals surface area contributed by atoms with Crippen LogP contribution in [0.2, 0.25) is 0 Å². The Morgan fingerprint density at radius 3 is 2.84 bits per heavy atom. The molecular weight excluding hydrogens is 411 g/mol. The van der Waals surface area contributed by atoms with Crippen molar-refractivity contribution in [1.82, 2.24) is 19.7 Å². The zero-order chi connectivity index (χ0) is 22.2. The number of amides is 2. The minimum atomic E-state index is -0.536. The summed E-state index contributed by atoms with van der Waals surface area (Å²) in [6.07, 6.45) is 2.33. The molecule has 3 heterocycles. The summed E-state index contributed by atoms with van der Waals surface area (Å²) in [7, 11) is 0. The molecule has 2 aromatic carbocycles. The van der Waals surface area contributed by atoms with Gasteiger partial charge >= 0.3 is 6.03 Å². The average Bonchev–Trinajstić information content (AvgIpc) is 3.42. The minimum absolute atomic E-state index is 0.107. The molecule has 1 fully saturated rings. The first kappa shape index (κ1) is 20.0. The van der Waals surface area contributed by atoms with Crippen molar-refractivity contribution >= 4 is 23.3 Å². The number of carbonyl (C=O) groups excluding carboxylic acids is 1. The van der Waals surface area contributed by atoms with E-state index >= 15 is 4.39 Å². The molecule has 0 spiro atoms. The molecule has 0 aliphatic carbocycles. The van der Waals surface area contributed by atoms with E-state index in [0.717, 1.165) is 5.56 Å². The van der Waals surface area contributed by atoms with Crippen LogP contribution in [-0.4, -0.2) is 32.3 Å². The number of anilines is 2. The van der Waals surface area contributed by atoms with Gasteiger partial charge in [-0.3, -0.25) is 4.84 Å². The lowest BCUT2D eigenvalue weighted by Gasteiger charge is -2.24. The Bertz CT molecular complexity index is 1310. The molecule has 9 heteroatoms. The molecule has 8 nitrogen and oxygen atoms in total. The molecule has 0 radical (unpaired) electrons. The van der Waals surface area contributed by atoms with Crippen molar-refractivity contribution in [3.8, 4) is 11.1 Å². The molecule has 4 aromatic rings. The molecule has 1 aliphatic rings. The van der Waals surface area contributed by atoms with E-state index in [-0.39, 0.29) is 17.7 Å². The summed E-state index contributed by atoms with van der Waals surface area (Å²) >= 11 is 0. The van der Waals surface area contributed by atoms with Gasteiger partial charge in [-0.25, -0.2) is 13.7 Å². The predicted octanol–water partition coefficient (Wildman–Crippen LogP) is 4.34. The Labute approximate surface area is 183 Å². The first-order chi connectivity index (χ1) is 15.5. The summed E-state index contributed by atoms with van der Waals surface area (Å²) in [6.45, 7) is 2.15. The van der Waals surface area contributed by atoms with Gasteiger partial charge in [0.2, 0.25) is 5.95 Å². The quantitative estimate of drug-likeness (QED) is 0.502. The fraction of sp³-hybridized carbons (Fsp3) is 0.174. The monoisotopic (exact) mass is 432 g/mol. The molecular formula is C23H21FN6O2. The second-order valence-electron chi connectivity index (χ2n) is 7.61. The van der Waals surface area contributed by atoms with Gasteiger partial charge in [0, 0.05) is 18.2 Å². The van der Waals surface area contributed by atoms with Crippen LogP contribution < -0.4 is 11.1 Å². The lowest BCUT2D eigenvalue weighted by atomic mass is 10.0. The number of urea groups is 1. The van der Waals surface area contributed by atoms with Crippen LogP contribution in [0.3, 0.4) is 0 Å². The molecule has 1 saturated heterocycles. The molecule has 1 aliphatic heterocycles. The number of halogens is 1. The van der Waals surface area contributed by atoms with E-state index in [1.807, 2.05) is 30.3 Å². The Morgan fingerprint density at radius 2 is 2.03 bits per heavy atom. The molecule has 3 N–H and O–H groups in total. The van der Waals surface area contributed by atoms with E-state index in [1.165, 1.54) is 9.58 Å². The maximum atomic E-state index is 15.6. The fourth-order valence-electron chi connectivity index (χ4n) is 3.92. The van der Waals surface area contributed by atoms with Crippen molar-refractivity contribution in [3.05, 3.63) is 77.7 Å². The van der Waals surface area contributed by atoms with Gasteiger partial charge in [-0.2, -0.15) is 10.0 Å². The number of hydroxylamine groups is 2. The van der Waals surface area contributed by atoms with Crippen molar-refractivity contribution in [1.29, 1.82) is 0 Å². The summed E-state index contributed by atoms with van der Waals surface area (Å²) in [5.41, 5.74) is 8.74. The van der Waals surface area contributed by atoms with E-state index in [9.17, 15) is 4.79 Å². The van der Waals surface area contributed by atoms with Crippen molar-refractivity contribution < 1.29 is 14.0 Å². The van der Waals surface area contributed by atoms with Crippen molar-refractivity contribution in [2.45, 2.75) is 19.4 Å². The first-order valence-electron chi connectivity index (χ1n) is 10.2. The molecule has 162 valence electrons. The van der Waals surface area contributed by atoms with Crippen LogP contribution in [0.25, 0.3) is 16.8 Å². The average molecular weight is 432 g/mol. The van der Waals surface area contributed by atoms with Crippen LogP contribution in [0.15, 0.2) is 60.8 Å². The third-order valence-electron chi connectivity index (χ3n) is 5.54. The van der Waals surface area contributed by atoms with E-state index in [1.54, 1.807) is 37.4 Å². The highest BCUT2D eigenvalue weighted by Gasteiger charge is 2.32. The van der Waals surface area contributed by atoms with Crippen LogP contribution in [0.4, 0.5) is 20.8 Å². The Kier molecular flexibility index (Phi) is 4.95. The van der Waals surface area contributed by atoms with Gasteiger partial charge in [-0.1, -0.05) is 42.5 Å². The fourth-order valence-corrected chi connectivity index (χ4v) is 3.92. The Balaban J connectivity index is 1.45. The third kappa shape index (κ3) is 3.52. The number of hydrogen-bond acceptors (Lipinski definition) is 5. The predicted molar refractivity (Wildman–Crippen MR) is 118 cm³/mol. The maximum absolute atomic E-state index is 15.6. The number of nitrogen functional groups attached to an aromatic ring is 1. The van der Waals surface area contributed by atoms with Gasteiger partial charge in [0.1, 0.15) is 0 Å². The lowest BCUT2D eigenvalue weighted by Crippen LogP contribution is -2.34. The molecule has 0 bridgehead atoms. The van der Waals surface area contributed by atoms with Gasteiger partial charge in [0.25, 0.3) is 0 Å². The number of carbonyl (C=O) groups is 1. The lowest BCUT2D eigenvalue weighted by molar-refractivity contribution is -0.0830. The van der Waals surface area contributed by atoms with E-state index in [2.05, 4.69) is 15.4 Å². The first-order valence-corrected chi connectivity index (χ1v) is 10.2. The van der Waals surface area contributed by atoms with Gasteiger partial charge in [0.15, 0.2) is 11.5 Å². The number of pyridine rings is 1. The zero-order valence-corrected chi connectivity index (χ0v) is 17.3. The zero-order valence-electron chi connectivity index (χ0n) is 17.3. The number of rotatable bonds is 3. The SMILES string of the molecule is Cc1ccc(-c2ccn3nc(N)nc3c2)c(F)c1NC(=O)N1OCCC1c1ccccc1. The largest absolute Gasteiger partial charge is 0.366 e. The summed E-state index contributed by atoms with van der Waals surface area (Å²) < 4.78 is 17.1. The second kappa shape index (κ2) is 7.93. The molecule has 2 aromatic heterocycles. The highest BCUT2D eigenvalue weighted by atomic mass is 19.1. The van der Waals surface area contributed by atoms with Crippen LogP contribution >= 0.6 is 0 Å². The summed E-state index contributed by atoms with van der Waals surface area (Å²) in [5.74, 6) is -0.399. The standard InChI is InChI=1S/C23H21FN6O2/c1-14-7-8-17(16-9-11-29-19(13-16)26-22(25)28-29)20(24)21(14)27-23(31)30-18(10-12-32-30)15-5-3-2-4-6-15/h2-9,11,13,18H,10,12H2,1H3,(H2,25,28)(H,27,31). The normalized spacial score (nSPS) is 15.9. The van der Waals surface area contributed by atoms with Gasteiger partial charge in [0.05, 0.1) is 18.3 Å². The third-order valence-corrected chi connectivity index (χ3v) is 5.54. The number of nitrogens with two attached hydrogens (primary N) is 1. The van der Waals surface area contributed by atoms with Gasteiger partial charge in [-0.05, 0) is 35.7 Å². The number of fused-ring (bicyclic) bond motifs is 1. The van der Waals surface area contributed by atoms with E-state index in [0.29, 0.717) is 35.4 Å². The van der Waals surface area contributed by atoms with Gasteiger partial charge < -0.3 is 11.1 Å². The van der Waals surface area contributed by atoms with Gasteiger partial charge in [-0.15, -0.1) is 5.10 Å². The van der Waals surface area contributed by atoms with Crippen LogP contribution in [0, 0.1) is 12.7 Å². The topological polar surface area (TPSA) is 97.8 Å². The van der Waals surface area contributed by atoms with Crippen LogP contribution in [-0.2, 0) is 4.84 Å². The number of nitrogens with zero attached hydrogens (tertiary/aromatic N) is 4. The van der Waals surface area contributed by atoms with E-state index in [4.69, 9.17) is 10.6 Å². The molecule has 1 atom stereocenters. The summed E-state index contributed by atoms with van der Waals surface area (Å²) in [4.78, 5) is 22.7.